The first-order valence-electron chi connectivity index (χ1n) is 7.20. The van der Waals surface area contributed by atoms with Crippen molar-refractivity contribution in [3.8, 4) is 0 Å². The quantitative estimate of drug-likeness (QED) is 0.740. The van der Waals surface area contributed by atoms with Crippen LogP contribution in [0.3, 0.4) is 0 Å². The summed E-state index contributed by atoms with van der Waals surface area (Å²) in [6.45, 7) is 5.46. The molecule has 1 fully saturated rings. The lowest BCUT2D eigenvalue weighted by atomic mass is 10.0. The van der Waals surface area contributed by atoms with Crippen LogP contribution in [0.5, 0.6) is 0 Å². The first-order valence-corrected chi connectivity index (χ1v) is 7.20. The molecule has 0 aromatic carbocycles. The lowest BCUT2D eigenvalue weighted by Crippen LogP contribution is -2.43. The van der Waals surface area contributed by atoms with Gasteiger partial charge in [-0.05, 0) is 32.6 Å². The van der Waals surface area contributed by atoms with Crippen LogP contribution in [0.15, 0.2) is 0 Å². The number of hydrogen-bond donors (Lipinski definition) is 1. The van der Waals surface area contributed by atoms with E-state index in [0.717, 1.165) is 32.2 Å². The zero-order valence-electron chi connectivity index (χ0n) is 11.7. The van der Waals surface area contributed by atoms with Gasteiger partial charge in [-0.25, -0.2) is 0 Å². The van der Waals surface area contributed by atoms with E-state index in [-0.39, 0.29) is 24.7 Å². The maximum absolute atomic E-state index is 12.1. The zero-order chi connectivity index (χ0) is 13.4. The number of carbonyl (C=O) groups is 1. The van der Waals surface area contributed by atoms with Crippen molar-refractivity contribution in [2.45, 2.75) is 64.5 Å². The van der Waals surface area contributed by atoms with Crippen LogP contribution < -0.4 is 0 Å². The predicted octanol–water partition coefficient (Wildman–Crippen LogP) is 1.96. The van der Waals surface area contributed by atoms with E-state index in [2.05, 4.69) is 0 Å². The summed E-state index contributed by atoms with van der Waals surface area (Å²) in [4.78, 5) is 14.1. The Morgan fingerprint density at radius 1 is 1.44 bits per heavy atom. The Morgan fingerprint density at radius 3 is 2.89 bits per heavy atom. The Morgan fingerprint density at radius 2 is 2.22 bits per heavy atom. The van der Waals surface area contributed by atoms with Crippen molar-refractivity contribution in [3.63, 3.8) is 0 Å². The third-order valence-corrected chi connectivity index (χ3v) is 3.38. The molecule has 1 rings (SSSR count). The van der Waals surface area contributed by atoms with Crippen LogP contribution in [-0.4, -0.2) is 47.8 Å². The van der Waals surface area contributed by atoms with E-state index in [1.165, 1.54) is 6.42 Å². The molecule has 106 valence electrons. The minimum atomic E-state index is -0.347. The van der Waals surface area contributed by atoms with Gasteiger partial charge < -0.3 is 14.7 Å². The molecule has 4 heteroatoms. The summed E-state index contributed by atoms with van der Waals surface area (Å²) in [6, 6.07) is 0.185. The first-order chi connectivity index (χ1) is 8.65. The fourth-order valence-corrected chi connectivity index (χ4v) is 2.53. The van der Waals surface area contributed by atoms with Crippen molar-refractivity contribution in [1.82, 2.24) is 4.90 Å². The summed E-state index contributed by atoms with van der Waals surface area (Å²) in [5.41, 5.74) is 0. The summed E-state index contributed by atoms with van der Waals surface area (Å²) in [5.74, 6) is 0.0796. The predicted molar refractivity (Wildman–Crippen MR) is 71.4 cm³/mol. The van der Waals surface area contributed by atoms with Gasteiger partial charge in [0.15, 0.2) is 0 Å². The molecule has 4 nitrogen and oxygen atoms in total. The summed E-state index contributed by atoms with van der Waals surface area (Å²) >= 11 is 0. The van der Waals surface area contributed by atoms with Gasteiger partial charge >= 0.3 is 0 Å². The average molecular weight is 257 g/mol. The molecule has 0 bridgehead atoms. The lowest BCUT2D eigenvalue weighted by Gasteiger charge is -2.31. The molecule has 1 N–H and O–H groups in total. The Bertz CT molecular complexity index is 243. The maximum Gasteiger partial charge on any atom is 0.248 e. The molecule has 0 aliphatic carbocycles. The molecule has 0 spiro atoms. The molecule has 1 amide bonds. The maximum atomic E-state index is 12.1. The molecule has 0 aromatic rings. The van der Waals surface area contributed by atoms with E-state index in [1.54, 1.807) is 6.92 Å². The number of aliphatic hydroxyl groups excluding tert-OH is 1. The lowest BCUT2D eigenvalue weighted by molar-refractivity contribution is -0.139. The number of hydrogen-bond acceptors (Lipinski definition) is 3. The number of nitrogens with zero attached hydrogens (tertiary/aromatic N) is 1. The first kappa shape index (κ1) is 15.4. The highest BCUT2D eigenvalue weighted by Gasteiger charge is 2.26. The van der Waals surface area contributed by atoms with Crippen molar-refractivity contribution < 1.29 is 14.6 Å². The second kappa shape index (κ2) is 8.48. The molecular weight excluding hydrogens is 230 g/mol. The summed E-state index contributed by atoms with van der Waals surface area (Å²) in [6.07, 6.45) is 5.66. The van der Waals surface area contributed by atoms with Gasteiger partial charge in [0, 0.05) is 19.2 Å². The highest BCUT2D eigenvalue weighted by molar-refractivity contribution is 5.77. The van der Waals surface area contributed by atoms with Crippen LogP contribution in [-0.2, 0) is 9.53 Å². The topological polar surface area (TPSA) is 49.8 Å². The molecule has 0 radical (unpaired) electrons. The van der Waals surface area contributed by atoms with Crippen LogP contribution in [0.4, 0.5) is 0 Å². The highest BCUT2D eigenvalue weighted by Crippen LogP contribution is 2.20. The molecule has 1 aliphatic heterocycles. The molecule has 1 heterocycles. The van der Waals surface area contributed by atoms with E-state index < -0.39 is 0 Å². The molecule has 2 unspecified atom stereocenters. The van der Waals surface area contributed by atoms with Crippen LogP contribution in [0.2, 0.25) is 0 Å². The van der Waals surface area contributed by atoms with E-state index >= 15 is 0 Å². The van der Waals surface area contributed by atoms with Gasteiger partial charge in [-0.1, -0.05) is 19.8 Å². The normalized spacial score (nSPS) is 22.6. The smallest absolute Gasteiger partial charge is 0.248 e. The number of ether oxygens (including phenoxy) is 1. The Hall–Kier alpha value is -0.610. The van der Waals surface area contributed by atoms with E-state index in [4.69, 9.17) is 4.74 Å². The second-order valence-electron chi connectivity index (χ2n) is 5.23. The molecule has 18 heavy (non-hydrogen) atoms. The monoisotopic (exact) mass is 257 g/mol. The molecule has 0 saturated carbocycles. The number of likely N-dealkylation sites (tertiary alicyclic amines) is 1. The number of carbonyl (C=O) groups excluding carboxylic acids is 1. The fraction of sp³-hybridized carbons (Fsp3) is 0.929. The SMILES string of the molecule is CCCOCC(=O)N1CCCCCC1CC(C)O. The van der Waals surface area contributed by atoms with Crippen LogP contribution >= 0.6 is 0 Å². The third-order valence-electron chi connectivity index (χ3n) is 3.38. The van der Waals surface area contributed by atoms with E-state index in [1.807, 2.05) is 11.8 Å². The standard InChI is InChI=1S/C14H27NO3/c1-3-9-18-11-14(17)15-8-6-4-5-7-13(15)10-12(2)16/h12-13,16H,3-11H2,1-2H3. The largest absolute Gasteiger partial charge is 0.393 e. The highest BCUT2D eigenvalue weighted by atomic mass is 16.5. The second-order valence-corrected chi connectivity index (χ2v) is 5.23. The van der Waals surface area contributed by atoms with E-state index in [9.17, 15) is 9.90 Å². The number of aliphatic hydroxyl groups is 1. The van der Waals surface area contributed by atoms with Crippen LogP contribution in [0, 0.1) is 0 Å². The number of amides is 1. The minimum Gasteiger partial charge on any atom is -0.393 e. The summed E-state index contributed by atoms with van der Waals surface area (Å²) in [5, 5.41) is 9.54. The Labute approximate surface area is 110 Å². The minimum absolute atomic E-state index is 0.0796. The van der Waals surface area contributed by atoms with Crippen molar-refractivity contribution in [2.75, 3.05) is 19.8 Å². The summed E-state index contributed by atoms with van der Waals surface area (Å²) in [7, 11) is 0. The zero-order valence-corrected chi connectivity index (χ0v) is 11.7. The van der Waals surface area contributed by atoms with Gasteiger partial charge in [-0.3, -0.25) is 4.79 Å². The molecule has 1 saturated heterocycles. The van der Waals surface area contributed by atoms with Gasteiger partial charge in [0.2, 0.25) is 5.91 Å². The Balaban J connectivity index is 2.52. The van der Waals surface area contributed by atoms with Gasteiger partial charge in [0.25, 0.3) is 0 Å². The average Bonchev–Trinajstić information content (AvgIpc) is 2.54. The van der Waals surface area contributed by atoms with Crippen molar-refractivity contribution in [2.24, 2.45) is 0 Å². The number of rotatable bonds is 6. The van der Waals surface area contributed by atoms with Crippen molar-refractivity contribution in [1.29, 1.82) is 0 Å². The van der Waals surface area contributed by atoms with E-state index in [0.29, 0.717) is 13.0 Å². The molecule has 1 aliphatic rings. The van der Waals surface area contributed by atoms with Gasteiger partial charge in [-0.2, -0.15) is 0 Å². The van der Waals surface area contributed by atoms with Gasteiger partial charge in [-0.15, -0.1) is 0 Å². The molecule has 0 aromatic heterocycles. The Kier molecular flexibility index (Phi) is 7.28. The molecule has 2 atom stereocenters. The van der Waals surface area contributed by atoms with Crippen LogP contribution in [0.25, 0.3) is 0 Å². The third kappa shape index (κ3) is 5.36. The van der Waals surface area contributed by atoms with Crippen LogP contribution in [0.1, 0.15) is 52.4 Å². The fourth-order valence-electron chi connectivity index (χ4n) is 2.53. The van der Waals surface area contributed by atoms with Gasteiger partial charge in [0.05, 0.1) is 6.10 Å². The van der Waals surface area contributed by atoms with Gasteiger partial charge in [0.1, 0.15) is 6.61 Å². The summed E-state index contributed by atoms with van der Waals surface area (Å²) < 4.78 is 5.34. The van der Waals surface area contributed by atoms with Crippen molar-refractivity contribution in [3.05, 3.63) is 0 Å². The molecular formula is C14H27NO3. The van der Waals surface area contributed by atoms with Crippen molar-refractivity contribution >= 4 is 5.91 Å².